The number of rotatable bonds is 8. The summed E-state index contributed by atoms with van der Waals surface area (Å²) in [5.74, 6) is 1.91. The van der Waals surface area contributed by atoms with Gasteiger partial charge in [-0.25, -0.2) is 0 Å². The lowest BCUT2D eigenvalue weighted by atomic mass is 9.81. The average Bonchev–Trinajstić information content (AvgIpc) is 2.62. The molecule has 1 aromatic rings. The Morgan fingerprint density at radius 2 is 1.88 bits per heavy atom. The summed E-state index contributed by atoms with van der Waals surface area (Å²) < 4.78 is 22.5. The summed E-state index contributed by atoms with van der Waals surface area (Å²) in [6.45, 7) is 4.28. The van der Waals surface area contributed by atoms with E-state index in [2.05, 4.69) is 6.07 Å². The highest BCUT2D eigenvalue weighted by molar-refractivity contribution is 6.25. The summed E-state index contributed by atoms with van der Waals surface area (Å²) in [6.07, 6.45) is 4.20. The Labute approximate surface area is 156 Å². The molecule has 0 radical (unpaired) electrons. The van der Waals surface area contributed by atoms with Gasteiger partial charge >= 0.3 is 0 Å². The van der Waals surface area contributed by atoms with E-state index >= 15 is 0 Å². The smallest absolute Gasteiger partial charge is 0.161 e. The van der Waals surface area contributed by atoms with Crippen molar-refractivity contribution in [1.29, 1.82) is 0 Å². The van der Waals surface area contributed by atoms with Crippen LogP contribution in [0.15, 0.2) is 29.3 Å². The SMILES string of the molecule is COCOC(c1ccc(OC)c(OC(C)C)c1)C1CCC(=CCl)CC1. The minimum atomic E-state index is -0.0303. The lowest BCUT2D eigenvalue weighted by molar-refractivity contribution is -0.0970. The third-order valence-electron chi connectivity index (χ3n) is 4.50. The van der Waals surface area contributed by atoms with Gasteiger partial charge in [-0.1, -0.05) is 23.2 Å². The van der Waals surface area contributed by atoms with Crippen LogP contribution in [0.4, 0.5) is 0 Å². The fraction of sp³-hybridized carbons (Fsp3) is 0.600. The first-order valence-corrected chi connectivity index (χ1v) is 9.26. The van der Waals surface area contributed by atoms with Gasteiger partial charge in [0, 0.05) is 12.6 Å². The molecule has 4 nitrogen and oxygen atoms in total. The van der Waals surface area contributed by atoms with E-state index < -0.39 is 0 Å². The van der Waals surface area contributed by atoms with Crippen LogP contribution < -0.4 is 9.47 Å². The van der Waals surface area contributed by atoms with Crippen LogP contribution in [0.3, 0.4) is 0 Å². The van der Waals surface area contributed by atoms with E-state index in [1.165, 1.54) is 5.57 Å². The van der Waals surface area contributed by atoms with Crippen LogP contribution in [0, 0.1) is 5.92 Å². The molecule has 1 saturated carbocycles. The summed E-state index contributed by atoms with van der Waals surface area (Å²) in [5, 5.41) is 0. The Morgan fingerprint density at radius 3 is 2.44 bits per heavy atom. The molecular formula is C20H29ClO4. The second kappa shape index (κ2) is 10.0. The van der Waals surface area contributed by atoms with Gasteiger partial charge in [0.05, 0.1) is 19.3 Å². The third-order valence-corrected chi connectivity index (χ3v) is 4.81. The standard InChI is InChI=1S/C20H29ClO4/c1-14(2)25-19-11-17(9-10-18(19)23-4)20(24-13-22-3)16-7-5-15(12-21)6-8-16/h9-12,14,16,20H,5-8,13H2,1-4H3. The number of methoxy groups -OCH3 is 2. The van der Waals surface area contributed by atoms with Crippen molar-refractivity contribution in [2.24, 2.45) is 5.92 Å². The number of halogens is 1. The summed E-state index contributed by atoms with van der Waals surface area (Å²) in [5.41, 5.74) is 4.14. The first-order chi connectivity index (χ1) is 12.1. The largest absolute Gasteiger partial charge is 0.493 e. The molecule has 1 atom stereocenters. The van der Waals surface area contributed by atoms with Crippen LogP contribution in [0.5, 0.6) is 11.5 Å². The predicted octanol–water partition coefficient (Wildman–Crippen LogP) is 5.46. The van der Waals surface area contributed by atoms with Crippen LogP contribution in [0.2, 0.25) is 0 Å². The molecule has 2 rings (SSSR count). The van der Waals surface area contributed by atoms with Crippen molar-refractivity contribution in [2.45, 2.75) is 51.7 Å². The summed E-state index contributed by atoms with van der Waals surface area (Å²) >= 11 is 5.87. The number of benzene rings is 1. The minimum Gasteiger partial charge on any atom is -0.493 e. The molecule has 0 aliphatic heterocycles. The van der Waals surface area contributed by atoms with E-state index in [4.69, 9.17) is 30.5 Å². The molecule has 0 N–H and O–H groups in total. The van der Waals surface area contributed by atoms with Gasteiger partial charge in [0.25, 0.3) is 0 Å². The minimum absolute atomic E-state index is 0.0303. The summed E-state index contributed by atoms with van der Waals surface area (Å²) in [7, 11) is 3.30. The van der Waals surface area contributed by atoms with E-state index in [1.54, 1.807) is 19.8 Å². The second-order valence-electron chi connectivity index (χ2n) is 6.68. The average molecular weight is 369 g/mol. The molecule has 0 heterocycles. The van der Waals surface area contributed by atoms with Gasteiger partial charge in [-0.05, 0) is 63.1 Å². The van der Waals surface area contributed by atoms with Gasteiger partial charge in [-0.3, -0.25) is 0 Å². The topological polar surface area (TPSA) is 36.9 Å². The Balaban J connectivity index is 2.24. The monoisotopic (exact) mass is 368 g/mol. The highest BCUT2D eigenvalue weighted by Crippen LogP contribution is 2.41. The summed E-state index contributed by atoms with van der Waals surface area (Å²) in [6, 6.07) is 6.04. The normalized spacial score (nSPS) is 19.0. The van der Waals surface area contributed by atoms with Crippen LogP contribution in [-0.2, 0) is 9.47 Å². The quantitative estimate of drug-likeness (QED) is 0.571. The van der Waals surface area contributed by atoms with Crippen molar-refractivity contribution >= 4 is 11.6 Å². The van der Waals surface area contributed by atoms with Crippen molar-refractivity contribution in [3.8, 4) is 11.5 Å². The highest BCUT2D eigenvalue weighted by Gasteiger charge is 2.28. The number of hydrogen-bond acceptors (Lipinski definition) is 4. The van der Waals surface area contributed by atoms with Gasteiger partial charge in [0.15, 0.2) is 11.5 Å². The fourth-order valence-corrected chi connectivity index (χ4v) is 3.50. The van der Waals surface area contributed by atoms with Gasteiger partial charge in [0.1, 0.15) is 6.79 Å². The predicted molar refractivity (Wildman–Crippen MR) is 100 cm³/mol. The van der Waals surface area contributed by atoms with E-state index in [9.17, 15) is 0 Å². The molecule has 25 heavy (non-hydrogen) atoms. The maximum atomic E-state index is 6.05. The first kappa shape index (κ1) is 20.1. The van der Waals surface area contributed by atoms with Gasteiger partial charge in [-0.15, -0.1) is 0 Å². The van der Waals surface area contributed by atoms with Crippen LogP contribution in [0.1, 0.15) is 51.2 Å². The Bertz CT molecular complexity index is 561. The van der Waals surface area contributed by atoms with Crippen LogP contribution >= 0.6 is 11.6 Å². The van der Waals surface area contributed by atoms with Gasteiger partial charge in [0.2, 0.25) is 0 Å². The van der Waals surface area contributed by atoms with E-state index in [-0.39, 0.29) is 19.0 Å². The molecule has 5 heteroatoms. The molecule has 1 aromatic carbocycles. The molecule has 0 aromatic heterocycles. The zero-order valence-electron chi connectivity index (χ0n) is 15.6. The lowest BCUT2D eigenvalue weighted by Crippen LogP contribution is -2.21. The van der Waals surface area contributed by atoms with E-state index in [0.717, 1.165) is 42.7 Å². The zero-order chi connectivity index (χ0) is 18.2. The molecule has 1 aliphatic carbocycles. The molecule has 0 amide bonds. The van der Waals surface area contributed by atoms with Crippen molar-refractivity contribution in [2.75, 3.05) is 21.0 Å². The number of ether oxygens (including phenoxy) is 4. The molecule has 0 saturated heterocycles. The first-order valence-electron chi connectivity index (χ1n) is 8.82. The maximum absolute atomic E-state index is 6.05. The number of allylic oxidation sites excluding steroid dienone is 1. The molecule has 0 spiro atoms. The highest BCUT2D eigenvalue weighted by atomic mass is 35.5. The van der Waals surface area contributed by atoms with Crippen LogP contribution in [0.25, 0.3) is 0 Å². The molecule has 1 fully saturated rings. The molecule has 140 valence electrons. The molecule has 1 aliphatic rings. The van der Waals surface area contributed by atoms with Crippen molar-refractivity contribution in [3.05, 3.63) is 34.9 Å². The maximum Gasteiger partial charge on any atom is 0.161 e. The molecule has 1 unspecified atom stereocenters. The Hall–Kier alpha value is -1.23. The van der Waals surface area contributed by atoms with Crippen molar-refractivity contribution < 1.29 is 18.9 Å². The van der Waals surface area contributed by atoms with E-state index in [0.29, 0.717) is 5.92 Å². The van der Waals surface area contributed by atoms with Gasteiger partial charge in [-0.2, -0.15) is 0 Å². The fourth-order valence-electron chi connectivity index (χ4n) is 3.28. The lowest BCUT2D eigenvalue weighted by Gasteiger charge is -2.31. The van der Waals surface area contributed by atoms with Crippen LogP contribution in [-0.4, -0.2) is 27.1 Å². The van der Waals surface area contributed by atoms with Crippen molar-refractivity contribution in [3.63, 3.8) is 0 Å². The number of hydrogen-bond donors (Lipinski definition) is 0. The Kier molecular flexibility index (Phi) is 8.07. The molecular weight excluding hydrogens is 340 g/mol. The van der Waals surface area contributed by atoms with E-state index in [1.807, 2.05) is 26.0 Å². The van der Waals surface area contributed by atoms with Gasteiger partial charge < -0.3 is 18.9 Å². The third kappa shape index (κ3) is 5.63. The van der Waals surface area contributed by atoms with Crippen molar-refractivity contribution in [1.82, 2.24) is 0 Å². The second-order valence-corrected chi connectivity index (χ2v) is 6.89. The summed E-state index contributed by atoms with van der Waals surface area (Å²) in [4.78, 5) is 0. The zero-order valence-corrected chi connectivity index (χ0v) is 16.3. The molecule has 0 bridgehead atoms. The Morgan fingerprint density at radius 1 is 1.16 bits per heavy atom.